The molecular weight excluding hydrogens is 574 g/mol. The third-order valence-electron chi connectivity index (χ3n) is 7.83. The van der Waals surface area contributed by atoms with Crippen LogP contribution in [0.5, 0.6) is 0 Å². The van der Waals surface area contributed by atoms with Gasteiger partial charge in [-0.05, 0) is 56.8 Å². The summed E-state index contributed by atoms with van der Waals surface area (Å²) in [5.74, 6) is -0.907. The van der Waals surface area contributed by atoms with E-state index in [1.54, 1.807) is 12.1 Å². The topological polar surface area (TPSA) is 61.7 Å². The highest BCUT2D eigenvalue weighted by molar-refractivity contribution is 6.21. The zero-order chi connectivity index (χ0) is 40.3. The van der Waals surface area contributed by atoms with Gasteiger partial charge in [-0.1, -0.05) is 145 Å². The highest BCUT2D eigenvalue weighted by Gasteiger charge is 2.18. The van der Waals surface area contributed by atoms with Crippen molar-refractivity contribution >= 4 is 50.6 Å². The van der Waals surface area contributed by atoms with Gasteiger partial charge in [0.1, 0.15) is 11.2 Å². The Labute approximate surface area is 286 Å². The molecule has 0 fully saturated rings. The fraction of sp³-hybridized carbons (Fsp3) is 0. The molecule has 0 bridgehead atoms. The first-order valence-electron chi connectivity index (χ1n) is 19.8. The molecule has 1 N–H and O–H groups in total. The van der Waals surface area contributed by atoms with E-state index in [0.717, 1.165) is 33.7 Å². The van der Waals surface area contributed by atoms with Gasteiger partial charge in [-0.2, -0.15) is 0 Å². The van der Waals surface area contributed by atoms with Crippen molar-refractivity contribution in [3.63, 3.8) is 0 Å². The average molecular weight is 614 g/mol. The van der Waals surface area contributed by atoms with Crippen LogP contribution in [0.1, 0.15) is 30.4 Å². The van der Waals surface area contributed by atoms with Crippen LogP contribution < -0.4 is 0 Å². The lowest BCUT2D eigenvalue weighted by Crippen LogP contribution is -2.05. The van der Waals surface area contributed by atoms with Crippen LogP contribution in [0, 0.1) is 5.41 Å². The van der Waals surface area contributed by atoms with Crippen molar-refractivity contribution in [2.45, 2.75) is 0 Å². The summed E-state index contributed by atoms with van der Waals surface area (Å²) >= 11 is 0. The number of para-hydroxylation sites is 1. The molecule has 0 radical (unpaired) electrons. The molecular formula is C43H29N3O. The number of hydrogen-bond donors (Lipinski definition) is 1. The first-order chi connectivity index (χ1) is 27.3. The summed E-state index contributed by atoms with van der Waals surface area (Å²) in [5.41, 5.74) is 4.12. The van der Waals surface area contributed by atoms with Crippen molar-refractivity contribution in [3.8, 4) is 22.3 Å². The number of hydrogen-bond acceptors (Lipinski definition) is 2. The minimum absolute atomic E-state index is 0.286. The van der Waals surface area contributed by atoms with Crippen molar-refractivity contribution in [1.82, 2.24) is 0 Å². The number of furan rings is 1. The molecule has 0 aliphatic rings. The van der Waals surface area contributed by atoms with E-state index in [2.05, 4.69) is 34.3 Å². The Hall–Kier alpha value is -6.39. The van der Waals surface area contributed by atoms with Crippen LogP contribution >= 0.6 is 0 Å². The van der Waals surface area contributed by atoms with Crippen molar-refractivity contribution in [2.75, 3.05) is 0 Å². The number of nitrogens with zero attached hydrogens (tertiary/aromatic N) is 2. The summed E-state index contributed by atoms with van der Waals surface area (Å²) in [5, 5.41) is 12.9. The quantitative estimate of drug-likeness (QED) is 0.152. The van der Waals surface area contributed by atoms with Crippen LogP contribution in [0.25, 0.3) is 55.0 Å². The molecule has 0 aliphatic heterocycles. The fourth-order valence-electron chi connectivity index (χ4n) is 5.65. The Balaban J connectivity index is 1.32. The Bertz CT molecular complexity index is 2980. The Morgan fingerprint density at radius 1 is 0.638 bits per heavy atom. The molecule has 0 saturated heterocycles. The predicted octanol–water partition coefficient (Wildman–Crippen LogP) is 11.0. The highest BCUT2D eigenvalue weighted by Crippen LogP contribution is 2.37. The lowest BCUT2D eigenvalue weighted by atomic mass is 9.94. The Morgan fingerprint density at radius 3 is 2.13 bits per heavy atom. The molecule has 8 rings (SSSR count). The van der Waals surface area contributed by atoms with Gasteiger partial charge in [0.25, 0.3) is 0 Å². The van der Waals surface area contributed by atoms with E-state index in [4.69, 9.17) is 18.1 Å². The average Bonchev–Trinajstić information content (AvgIpc) is 3.61. The predicted molar refractivity (Wildman–Crippen MR) is 196 cm³/mol. The van der Waals surface area contributed by atoms with Crippen LogP contribution in [0.2, 0.25) is 0 Å². The summed E-state index contributed by atoms with van der Waals surface area (Å²) in [6.45, 7) is 0. The lowest BCUT2D eigenvalue weighted by molar-refractivity contribution is 0.669. The molecule has 0 spiro atoms. The lowest BCUT2D eigenvalue weighted by Gasteiger charge is -2.10. The molecule has 1 aromatic heterocycles. The zero-order valence-electron chi connectivity index (χ0n) is 34.7. The van der Waals surface area contributed by atoms with E-state index < -0.39 is 77.7 Å². The number of aliphatic imine (C=N–C) groups is 2. The van der Waals surface area contributed by atoms with Gasteiger partial charge in [-0.25, -0.2) is 9.98 Å². The van der Waals surface area contributed by atoms with Gasteiger partial charge >= 0.3 is 0 Å². The smallest absolute Gasteiger partial charge is 0.161 e. The summed E-state index contributed by atoms with van der Waals surface area (Å²) in [6, 6.07) is 27.0. The van der Waals surface area contributed by atoms with Gasteiger partial charge in [-0.15, -0.1) is 0 Å². The molecule has 0 atom stereocenters. The van der Waals surface area contributed by atoms with Crippen LogP contribution in [-0.2, 0) is 0 Å². The molecule has 8 aromatic rings. The third kappa shape index (κ3) is 5.54. The van der Waals surface area contributed by atoms with E-state index >= 15 is 0 Å². The molecule has 1 heterocycles. The second-order valence-corrected chi connectivity index (χ2v) is 10.7. The maximum absolute atomic E-state index is 9.43. The van der Waals surface area contributed by atoms with E-state index in [1.807, 2.05) is 66.7 Å². The summed E-state index contributed by atoms with van der Waals surface area (Å²) in [6.07, 6.45) is 0.934. The molecule has 222 valence electrons. The van der Waals surface area contributed by atoms with Crippen LogP contribution in [0.3, 0.4) is 0 Å². The van der Waals surface area contributed by atoms with Gasteiger partial charge in [0.05, 0.1) is 13.7 Å². The van der Waals surface area contributed by atoms with E-state index in [9.17, 15) is 5.41 Å². The normalized spacial score (nSPS) is 14.9. The molecule has 0 saturated carbocycles. The van der Waals surface area contributed by atoms with E-state index in [1.165, 1.54) is 0 Å². The van der Waals surface area contributed by atoms with Crippen LogP contribution in [-0.4, -0.2) is 17.9 Å². The number of rotatable bonds is 5. The molecule has 4 heteroatoms. The maximum Gasteiger partial charge on any atom is 0.161 e. The van der Waals surface area contributed by atoms with Crippen molar-refractivity contribution in [3.05, 3.63) is 180 Å². The van der Waals surface area contributed by atoms with Gasteiger partial charge in [-0.3, -0.25) is 5.41 Å². The summed E-state index contributed by atoms with van der Waals surface area (Å²) in [7, 11) is 0. The molecule has 7 aromatic carbocycles. The van der Waals surface area contributed by atoms with E-state index in [-0.39, 0.29) is 11.1 Å². The number of amidine groups is 2. The second kappa shape index (κ2) is 12.2. The Morgan fingerprint density at radius 2 is 1.32 bits per heavy atom. The third-order valence-corrected chi connectivity index (χ3v) is 7.83. The molecule has 0 aliphatic carbocycles. The van der Waals surface area contributed by atoms with Gasteiger partial charge < -0.3 is 4.42 Å². The number of benzene rings is 7. The molecule has 0 unspecified atom stereocenters. The van der Waals surface area contributed by atoms with Crippen LogP contribution in [0.4, 0.5) is 0 Å². The summed E-state index contributed by atoms with van der Waals surface area (Å²) in [4.78, 5) is 8.77. The molecule has 0 amide bonds. The second-order valence-electron chi connectivity index (χ2n) is 10.7. The van der Waals surface area contributed by atoms with Gasteiger partial charge in [0.2, 0.25) is 0 Å². The number of nitrogens with one attached hydrogen (secondary N) is 1. The van der Waals surface area contributed by atoms with E-state index in [0.29, 0.717) is 27.5 Å². The summed E-state index contributed by atoms with van der Waals surface area (Å²) < 4.78 is 89.3. The first kappa shape index (κ1) is 19.2. The molecule has 47 heavy (non-hydrogen) atoms. The SMILES string of the molecule is [2H]c1c([2H])c([2H])c(C=NC(=NC(=N)c2cc(-c3ccc(-c4cccc5ccccc45)cc3)cc3oc4ccccc4c23)c2c([2H])c([2H])c([2H])c([2H])c2[2H])c([2H])c1[2H]. The zero-order valence-corrected chi connectivity index (χ0v) is 24.7. The van der Waals surface area contributed by atoms with Gasteiger partial charge in [0.15, 0.2) is 11.7 Å². The van der Waals surface area contributed by atoms with Crippen LogP contribution in [0.15, 0.2) is 178 Å². The Kier molecular flexibility index (Phi) is 4.98. The molecule has 4 nitrogen and oxygen atoms in total. The minimum Gasteiger partial charge on any atom is -0.456 e. The van der Waals surface area contributed by atoms with Crippen molar-refractivity contribution in [1.29, 1.82) is 5.41 Å². The maximum atomic E-state index is 9.43. The number of fused-ring (bicyclic) bond motifs is 4. The first-order valence-corrected chi connectivity index (χ1v) is 14.8. The largest absolute Gasteiger partial charge is 0.456 e. The fourth-order valence-corrected chi connectivity index (χ4v) is 5.65. The monoisotopic (exact) mass is 613 g/mol. The van der Waals surface area contributed by atoms with Crippen molar-refractivity contribution < 1.29 is 18.1 Å². The highest BCUT2D eigenvalue weighted by atomic mass is 16.3. The van der Waals surface area contributed by atoms with Crippen molar-refractivity contribution in [2.24, 2.45) is 9.98 Å². The minimum atomic E-state index is -0.666. The standard InChI is InChI=1S/C43H29N3O/c44-42(46-43(33-15-5-2-6-16-33)45-28-29-12-3-1-4-13-29)38-26-34(27-40-41(38)37-19-9-10-21-39(37)47-40)30-22-24-32(25-23-30)36-20-11-17-31-14-7-8-18-35(31)36/h1-28,44H/i1D,2D,3D,4D,5D,6D,12D,13D,15D,16D. The van der Waals surface area contributed by atoms with Gasteiger partial charge in [0, 0.05) is 28.1 Å².